The molecule has 8 heteroatoms. The molecule has 0 aliphatic carbocycles. The van der Waals surface area contributed by atoms with Gasteiger partial charge in [0.15, 0.2) is 0 Å². The Morgan fingerprint density at radius 2 is 1.96 bits per heavy atom. The third kappa shape index (κ3) is 3.72. The Bertz CT molecular complexity index is 906. The van der Waals surface area contributed by atoms with Crippen LogP contribution in [0.4, 0.5) is 5.95 Å². The van der Waals surface area contributed by atoms with Gasteiger partial charge in [-0.15, -0.1) is 0 Å². The fourth-order valence-corrected chi connectivity index (χ4v) is 2.92. The first-order chi connectivity index (χ1) is 11.0. The molecule has 0 spiro atoms. The molecule has 0 saturated carbocycles. The van der Waals surface area contributed by atoms with Crippen molar-refractivity contribution < 1.29 is 8.42 Å². The summed E-state index contributed by atoms with van der Waals surface area (Å²) in [5.41, 5.74) is 1.71. The number of aryl methyl sites for hydroxylation is 1. The predicted octanol–water partition coefficient (Wildman–Crippen LogP) is 1.83. The van der Waals surface area contributed by atoms with E-state index in [0.29, 0.717) is 12.2 Å². The van der Waals surface area contributed by atoms with Crippen LogP contribution in [0, 0.1) is 6.92 Å². The van der Waals surface area contributed by atoms with E-state index in [1.165, 1.54) is 18.6 Å². The number of hydrogen-bond donors (Lipinski definition) is 1. The molecule has 0 saturated heterocycles. The van der Waals surface area contributed by atoms with Crippen molar-refractivity contribution in [2.24, 2.45) is 0 Å². The number of aromatic nitrogens is 4. The molecule has 0 aliphatic rings. The number of rotatable bonds is 5. The average molecular weight is 329 g/mol. The van der Waals surface area contributed by atoms with Crippen LogP contribution in [0.1, 0.15) is 11.3 Å². The zero-order valence-corrected chi connectivity index (χ0v) is 13.2. The van der Waals surface area contributed by atoms with Crippen LogP contribution < -0.4 is 4.72 Å². The van der Waals surface area contributed by atoms with Crippen molar-refractivity contribution in [2.75, 3.05) is 4.72 Å². The van der Waals surface area contributed by atoms with Crippen LogP contribution in [0.25, 0.3) is 0 Å². The van der Waals surface area contributed by atoms with Crippen LogP contribution in [0.3, 0.4) is 0 Å². The van der Waals surface area contributed by atoms with Crippen molar-refractivity contribution in [3.05, 3.63) is 66.2 Å². The molecule has 0 unspecified atom stereocenters. The van der Waals surface area contributed by atoms with E-state index in [0.717, 1.165) is 5.56 Å². The van der Waals surface area contributed by atoms with E-state index in [1.54, 1.807) is 17.7 Å². The topological polar surface area (TPSA) is 89.8 Å². The predicted molar refractivity (Wildman–Crippen MR) is 85.3 cm³/mol. The third-order valence-corrected chi connectivity index (χ3v) is 4.41. The molecule has 3 rings (SSSR count). The number of nitrogens with zero attached hydrogens (tertiary/aromatic N) is 4. The van der Waals surface area contributed by atoms with Gasteiger partial charge in [0.25, 0.3) is 10.0 Å². The third-order valence-electron chi connectivity index (χ3n) is 3.13. The van der Waals surface area contributed by atoms with Gasteiger partial charge in [-0.2, -0.15) is 5.10 Å². The minimum atomic E-state index is -3.76. The minimum absolute atomic E-state index is 0.0424. The molecule has 0 atom stereocenters. The summed E-state index contributed by atoms with van der Waals surface area (Å²) < 4.78 is 28.6. The summed E-state index contributed by atoms with van der Waals surface area (Å²) in [6, 6.07) is 11.4. The maximum absolute atomic E-state index is 12.3. The molecule has 0 radical (unpaired) electrons. The molecule has 0 fully saturated rings. The van der Waals surface area contributed by atoms with Crippen molar-refractivity contribution in [3.63, 3.8) is 0 Å². The van der Waals surface area contributed by atoms with Gasteiger partial charge >= 0.3 is 0 Å². The van der Waals surface area contributed by atoms with E-state index in [2.05, 4.69) is 19.8 Å². The summed E-state index contributed by atoms with van der Waals surface area (Å²) in [4.78, 5) is 7.99. The lowest BCUT2D eigenvalue weighted by Gasteiger charge is -2.04. The molecule has 118 valence electrons. The van der Waals surface area contributed by atoms with Gasteiger partial charge in [0.05, 0.1) is 12.7 Å². The summed E-state index contributed by atoms with van der Waals surface area (Å²) in [6.07, 6.45) is 4.28. The fraction of sp³-hybridized carbons (Fsp3) is 0.133. The fourth-order valence-electron chi connectivity index (χ4n) is 2.02. The van der Waals surface area contributed by atoms with E-state index in [-0.39, 0.29) is 10.8 Å². The monoisotopic (exact) mass is 329 g/mol. The van der Waals surface area contributed by atoms with Crippen molar-refractivity contribution in [1.82, 2.24) is 19.7 Å². The van der Waals surface area contributed by atoms with Crippen molar-refractivity contribution in [2.45, 2.75) is 18.4 Å². The van der Waals surface area contributed by atoms with Crippen LogP contribution in [0.15, 0.2) is 59.9 Å². The van der Waals surface area contributed by atoms with Crippen LogP contribution in [-0.4, -0.2) is 28.2 Å². The van der Waals surface area contributed by atoms with E-state index in [4.69, 9.17) is 0 Å². The Kier molecular flexibility index (Phi) is 4.07. The van der Waals surface area contributed by atoms with Gasteiger partial charge in [-0.1, -0.05) is 30.3 Å². The second-order valence-electron chi connectivity index (χ2n) is 4.99. The van der Waals surface area contributed by atoms with Crippen molar-refractivity contribution >= 4 is 16.0 Å². The zero-order valence-electron chi connectivity index (χ0n) is 12.4. The molecule has 2 aromatic heterocycles. The van der Waals surface area contributed by atoms with Gasteiger partial charge in [-0.3, -0.25) is 4.68 Å². The minimum Gasteiger partial charge on any atom is -0.267 e. The van der Waals surface area contributed by atoms with Gasteiger partial charge in [-0.25, -0.2) is 23.1 Å². The Morgan fingerprint density at radius 3 is 2.70 bits per heavy atom. The van der Waals surface area contributed by atoms with Crippen LogP contribution in [-0.2, 0) is 16.6 Å². The molecule has 7 nitrogen and oxygen atoms in total. The van der Waals surface area contributed by atoms with E-state index >= 15 is 0 Å². The van der Waals surface area contributed by atoms with Gasteiger partial charge in [0.2, 0.25) is 5.95 Å². The second kappa shape index (κ2) is 6.17. The van der Waals surface area contributed by atoms with Crippen LogP contribution in [0.2, 0.25) is 0 Å². The lowest BCUT2D eigenvalue weighted by atomic mass is 10.2. The molecule has 1 N–H and O–H groups in total. The molecule has 0 bridgehead atoms. The van der Waals surface area contributed by atoms with Gasteiger partial charge in [0.1, 0.15) is 4.90 Å². The van der Waals surface area contributed by atoms with Gasteiger partial charge in [-0.05, 0) is 18.6 Å². The normalized spacial score (nSPS) is 11.3. The van der Waals surface area contributed by atoms with Gasteiger partial charge in [0, 0.05) is 18.1 Å². The lowest BCUT2D eigenvalue weighted by Crippen LogP contribution is -2.14. The summed E-state index contributed by atoms with van der Waals surface area (Å²) in [5.74, 6) is 0.0424. The Morgan fingerprint density at radius 1 is 1.17 bits per heavy atom. The summed E-state index contributed by atoms with van der Waals surface area (Å²) in [7, 11) is -3.76. The maximum atomic E-state index is 12.3. The molecule has 0 aliphatic heterocycles. The van der Waals surface area contributed by atoms with Crippen molar-refractivity contribution in [3.8, 4) is 0 Å². The SMILES string of the molecule is Cc1ccnc(NS(=O)(=O)c2cnn(Cc3ccccc3)c2)n1. The number of benzene rings is 1. The Hall–Kier alpha value is -2.74. The number of sulfonamides is 1. The smallest absolute Gasteiger partial charge is 0.267 e. The molecular weight excluding hydrogens is 314 g/mol. The van der Waals surface area contributed by atoms with Crippen LogP contribution >= 0.6 is 0 Å². The summed E-state index contributed by atoms with van der Waals surface area (Å²) in [6.45, 7) is 2.26. The second-order valence-corrected chi connectivity index (χ2v) is 6.67. The summed E-state index contributed by atoms with van der Waals surface area (Å²) in [5, 5.41) is 4.09. The Balaban J connectivity index is 1.78. The zero-order chi connectivity index (χ0) is 16.3. The van der Waals surface area contributed by atoms with Gasteiger partial charge < -0.3 is 0 Å². The molecule has 0 amide bonds. The quantitative estimate of drug-likeness (QED) is 0.771. The molecular formula is C15H15N5O2S. The Labute approximate surface area is 134 Å². The van der Waals surface area contributed by atoms with Crippen LogP contribution in [0.5, 0.6) is 0 Å². The standard InChI is InChI=1S/C15H15N5O2S/c1-12-7-8-16-15(18-12)19-23(21,22)14-9-17-20(11-14)10-13-5-3-2-4-6-13/h2-9,11H,10H2,1H3,(H,16,18,19). The first-order valence-corrected chi connectivity index (χ1v) is 8.40. The number of anilines is 1. The number of hydrogen-bond acceptors (Lipinski definition) is 5. The molecule has 3 aromatic rings. The highest BCUT2D eigenvalue weighted by Gasteiger charge is 2.18. The van der Waals surface area contributed by atoms with E-state index in [1.807, 2.05) is 30.3 Å². The molecule has 23 heavy (non-hydrogen) atoms. The lowest BCUT2D eigenvalue weighted by molar-refractivity contribution is 0.600. The first-order valence-electron chi connectivity index (χ1n) is 6.92. The molecule has 2 heterocycles. The largest absolute Gasteiger partial charge is 0.267 e. The van der Waals surface area contributed by atoms with Crippen molar-refractivity contribution in [1.29, 1.82) is 0 Å². The highest BCUT2D eigenvalue weighted by Crippen LogP contribution is 2.13. The first kappa shape index (κ1) is 15.2. The summed E-state index contributed by atoms with van der Waals surface area (Å²) >= 11 is 0. The highest BCUT2D eigenvalue weighted by atomic mass is 32.2. The van der Waals surface area contributed by atoms with E-state index < -0.39 is 10.0 Å². The average Bonchev–Trinajstić information content (AvgIpc) is 2.97. The molecule has 1 aromatic carbocycles. The van der Waals surface area contributed by atoms with E-state index in [9.17, 15) is 8.42 Å². The highest BCUT2D eigenvalue weighted by molar-refractivity contribution is 7.92. The maximum Gasteiger partial charge on any atom is 0.267 e. The number of nitrogens with one attached hydrogen (secondary N) is 1.